The van der Waals surface area contributed by atoms with E-state index < -0.39 is 11.3 Å². The van der Waals surface area contributed by atoms with E-state index in [-0.39, 0.29) is 12.5 Å². The van der Waals surface area contributed by atoms with Crippen LogP contribution in [-0.4, -0.2) is 18.4 Å². The van der Waals surface area contributed by atoms with Gasteiger partial charge in [0.2, 0.25) is 5.91 Å². The Morgan fingerprint density at radius 3 is 2.05 bits per heavy atom. The van der Waals surface area contributed by atoms with Gasteiger partial charge in [-0.25, -0.2) is 0 Å². The van der Waals surface area contributed by atoms with Gasteiger partial charge in [0, 0.05) is 12.1 Å². The molecule has 2 aromatic carbocycles. The lowest BCUT2D eigenvalue weighted by Gasteiger charge is -2.20. The topological polar surface area (TPSA) is 72.2 Å². The molecule has 0 fully saturated rings. The molecule has 0 bridgehead atoms. The first-order valence-corrected chi connectivity index (χ1v) is 7.14. The smallest absolute Gasteiger partial charge is 0.251 e. The van der Waals surface area contributed by atoms with Crippen molar-refractivity contribution in [1.29, 1.82) is 0 Å². The molecule has 0 aromatic heterocycles. The molecule has 4 nitrogen and oxygen atoms in total. The molecule has 3 N–H and O–H groups in total. The second kappa shape index (κ2) is 6.43. The second-order valence-electron chi connectivity index (χ2n) is 5.87. The largest absolute Gasteiger partial charge is 0.369 e. The highest BCUT2D eigenvalue weighted by atomic mass is 16.2. The Morgan fingerprint density at radius 1 is 0.955 bits per heavy atom. The van der Waals surface area contributed by atoms with Gasteiger partial charge in [-0.1, -0.05) is 42.5 Å². The summed E-state index contributed by atoms with van der Waals surface area (Å²) in [5.74, 6) is -0.652. The van der Waals surface area contributed by atoms with E-state index >= 15 is 0 Å². The Morgan fingerprint density at radius 2 is 1.50 bits per heavy atom. The summed E-state index contributed by atoms with van der Waals surface area (Å²) in [6.07, 6.45) is 0. The van der Waals surface area contributed by atoms with Gasteiger partial charge in [-0.2, -0.15) is 0 Å². The SMILES string of the molecule is CC(C)(CNC(=O)c1ccc(-c2ccccc2)cc1)C(N)=O. The number of carbonyl (C=O) groups is 2. The average Bonchev–Trinajstić information content (AvgIpc) is 2.53. The maximum absolute atomic E-state index is 12.1. The summed E-state index contributed by atoms with van der Waals surface area (Å²) < 4.78 is 0. The van der Waals surface area contributed by atoms with E-state index in [9.17, 15) is 9.59 Å². The predicted molar refractivity (Wildman–Crippen MR) is 87.2 cm³/mol. The van der Waals surface area contributed by atoms with E-state index in [2.05, 4.69) is 5.32 Å². The molecule has 0 saturated carbocycles. The first-order chi connectivity index (χ1) is 10.4. The van der Waals surface area contributed by atoms with Crippen molar-refractivity contribution in [3.05, 3.63) is 60.2 Å². The van der Waals surface area contributed by atoms with Gasteiger partial charge < -0.3 is 11.1 Å². The Labute approximate surface area is 130 Å². The predicted octanol–water partition coefficient (Wildman–Crippen LogP) is 2.59. The zero-order chi connectivity index (χ0) is 16.2. The molecule has 2 rings (SSSR count). The molecular formula is C18H20N2O2. The monoisotopic (exact) mass is 296 g/mol. The van der Waals surface area contributed by atoms with E-state index in [1.165, 1.54) is 0 Å². The van der Waals surface area contributed by atoms with Gasteiger partial charge in [-0.15, -0.1) is 0 Å². The molecule has 2 aromatic rings. The van der Waals surface area contributed by atoms with Crippen molar-refractivity contribution in [1.82, 2.24) is 5.32 Å². The van der Waals surface area contributed by atoms with Gasteiger partial charge in [0.05, 0.1) is 5.41 Å². The van der Waals surface area contributed by atoms with Crippen LogP contribution in [0.25, 0.3) is 11.1 Å². The maximum Gasteiger partial charge on any atom is 0.251 e. The number of benzene rings is 2. The lowest BCUT2D eigenvalue weighted by Crippen LogP contribution is -2.42. The van der Waals surface area contributed by atoms with Gasteiger partial charge >= 0.3 is 0 Å². The summed E-state index contributed by atoms with van der Waals surface area (Å²) in [5, 5.41) is 2.74. The molecule has 0 heterocycles. The van der Waals surface area contributed by atoms with Crippen LogP contribution >= 0.6 is 0 Å². The number of hydrogen-bond acceptors (Lipinski definition) is 2. The number of nitrogens with two attached hydrogens (primary N) is 1. The fourth-order valence-electron chi connectivity index (χ4n) is 1.94. The minimum atomic E-state index is -0.764. The van der Waals surface area contributed by atoms with Crippen LogP contribution in [0, 0.1) is 5.41 Å². The summed E-state index contributed by atoms with van der Waals surface area (Å²) in [5.41, 5.74) is 7.23. The number of primary amides is 1. The molecule has 0 unspecified atom stereocenters. The maximum atomic E-state index is 12.1. The fraction of sp³-hybridized carbons (Fsp3) is 0.222. The van der Waals surface area contributed by atoms with Crippen molar-refractivity contribution in [3.63, 3.8) is 0 Å². The second-order valence-corrected chi connectivity index (χ2v) is 5.87. The van der Waals surface area contributed by atoms with Crippen LogP contribution in [0.2, 0.25) is 0 Å². The fourth-order valence-corrected chi connectivity index (χ4v) is 1.94. The number of amides is 2. The van der Waals surface area contributed by atoms with Crippen molar-refractivity contribution in [2.45, 2.75) is 13.8 Å². The lowest BCUT2D eigenvalue weighted by atomic mass is 9.92. The Kier molecular flexibility index (Phi) is 4.61. The molecule has 0 spiro atoms. The summed E-state index contributed by atoms with van der Waals surface area (Å²) >= 11 is 0. The molecule has 0 aliphatic rings. The standard InChI is InChI=1S/C18H20N2O2/c1-18(2,17(19)22)12-20-16(21)15-10-8-14(9-11-15)13-6-4-3-5-7-13/h3-11H,12H2,1-2H3,(H2,19,22)(H,20,21). The summed E-state index contributed by atoms with van der Waals surface area (Å²) in [6, 6.07) is 17.3. The van der Waals surface area contributed by atoms with Gasteiger partial charge in [-0.3, -0.25) is 9.59 Å². The Balaban J connectivity index is 2.04. The molecule has 0 radical (unpaired) electrons. The number of nitrogens with one attached hydrogen (secondary N) is 1. The van der Waals surface area contributed by atoms with Gasteiger partial charge in [0.25, 0.3) is 5.91 Å². The number of rotatable bonds is 5. The van der Waals surface area contributed by atoms with Crippen LogP contribution in [0.4, 0.5) is 0 Å². The highest BCUT2D eigenvalue weighted by molar-refractivity contribution is 5.95. The van der Waals surface area contributed by atoms with Crippen molar-refractivity contribution in [2.24, 2.45) is 11.1 Å². The number of carbonyl (C=O) groups excluding carboxylic acids is 2. The van der Waals surface area contributed by atoms with E-state index in [4.69, 9.17) is 5.73 Å². The van der Waals surface area contributed by atoms with Crippen LogP contribution < -0.4 is 11.1 Å². The molecule has 114 valence electrons. The first-order valence-electron chi connectivity index (χ1n) is 7.14. The van der Waals surface area contributed by atoms with E-state index in [1.807, 2.05) is 42.5 Å². The quantitative estimate of drug-likeness (QED) is 0.890. The van der Waals surface area contributed by atoms with Gasteiger partial charge in [0.1, 0.15) is 0 Å². The molecule has 0 saturated heterocycles. The molecule has 0 aliphatic carbocycles. The van der Waals surface area contributed by atoms with Crippen LogP contribution in [0.1, 0.15) is 24.2 Å². The summed E-state index contributed by atoms with van der Waals surface area (Å²) in [4.78, 5) is 23.3. The van der Waals surface area contributed by atoms with Crippen LogP contribution in [0.3, 0.4) is 0 Å². The lowest BCUT2D eigenvalue weighted by molar-refractivity contribution is -0.125. The average molecular weight is 296 g/mol. The molecule has 22 heavy (non-hydrogen) atoms. The number of hydrogen-bond donors (Lipinski definition) is 2. The van der Waals surface area contributed by atoms with Crippen molar-refractivity contribution in [2.75, 3.05) is 6.54 Å². The van der Waals surface area contributed by atoms with E-state index in [1.54, 1.807) is 26.0 Å². The van der Waals surface area contributed by atoms with Crippen molar-refractivity contribution >= 4 is 11.8 Å². The Hall–Kier alpha value is -2.62. The highest BCUT2D eigenvalue weighted by Gasteiger charge is 2.25. The summed E-state index contributed by atoms with van der Waals surface area (Å²) in [6.45, 7) is 3.61. The van der Waals surface area contributed by atoms with E-state index in [0.29, 0.717) is 5.56 Å². The molecule has 2 amide bonds. The van der Waals surface area contributed by atoms with Crippen LogP contribution in [0.15, 0.2) is 54.6 Å². The Bertz CT molecular complexity index is 661. The molecule has 4 heteroatoms. The minimum absolute atomic E-state index is 0.210. The van der Waals surface area contributed by atoms with Gasteiger partial charge in [0.15, 0.2) is 0 Å². The zero-order valence-electron chi connectivity index (χ0n) is 12.8. The summed E-state index contributed by atoms with van der Waals surface area (Å²) in [7, 11) is 0. The molecular weight excluding hydrogens is 276 g/mol. The zero-order valence-corrected chi connectivity index (χ0v) is 12.8. The van der Waals surface area contributed by atoms with Gasteiger partial charge in [-0.05, 0) is 37.1 Å². The highest BCUT2D eigenvalue weighted by Crippen LogP contribution is 2.19. The van der Waals surface area contributed by atoms with Crippen LogP contribution in [-0.2, 0) is 4.79 Å². The third-order valence-electron chi connectivity index (χ3n) is 3.61. The van der Waals surface area contributed by atoms with Crippen molar-refractivity contribution < 1.29 is 9.59 Å². The third-order valence-corrected chi connectivity index (χ3v) is 3.61. The minimum Gasteiger partial charge on any atom is -0.369 e. The van der Waals surface area contributed by atoms with Crippen molar-refractivity contribution in [3.8, 4) is 11.1 Å². The molecule has 0 atom stereocenters. The van der Waals surface area contributed by atoms with E-state index in [0.717, 1.165) is 11.1 Å². The first kappa shape index (κ1) is 15.8. The normalized spacial score (nSPS) is 11.0. The molecule has 0 aliphatic heterocycles. The van der Waals surface area contributed by atoms with Crippen LogP contribution in [0.5, 0.6) is 0 Å². The third kappa shape index (κ3) is 3.73.